The van der Waals surface area contributed by atoms with Crippen molar-refractivity contribution in [1.29, 1.82) is 0 Å². The number of furan rings is 1. The summed E-state index contributed by atoms with van der Waals surface area (Å²) in [5.41, 5.74) is 2.95. The third-order valence-electron chi connectivity index (χ3n) is 5.33. The van der Waals surface area contributed by atoms with Gasteiger partial charge < -0.3 is 13.6 Å². The first kappa shape index (κ1) is 18.7. The van der Waals surface area contributed by atoms with Crippen LogP contribution in [0.4, 0.5) is 0 Å². The number of ether oxygens (including phenoxy) is 1. The summed E-state index contributed by atoms with van der Waals surface area (Å²) in [5, 5.41) is 1.23. The lowest BCUT2D eigenvalue weighted by molar-refractivity contribution is 0.276. The first-order valence-corrected chi connectivity index (χ1v) is 11.9. The zero-order valence-electron chi connectivity index (χ0n) is 16.6. The number of benzene rings is 2. The number of hydrogen-bond acceptors (Lipinski definition) is 3. The molecule has 0 atom stereocenters. The second-order valence-corrected chi connectivity index (χ2v) is 13.1. The molecule has 0 N–H and O–H groups in total. The van der Waals surface area contributed by atoms with Crippen LogP contribution in [-0.4, -0.2) is 15.4 Å². The van der Waals surface area contributed by atoms with E-state index in [0.717, 1.165) is 33.6 Å². The predicted octanol–water partition coefficient (Wildman–Crippen LogP) is 6.63. The first-order valence-electron chi connectivity index (χ1n) is 9.01. The SMILES string of the molecule is COc1cc(CO[Si](C)(C)C(C)(C)C)cc2cc(-c3ccccc3)oc12. The molecule has 0 unspecified atom stereocenters. The maximum atomic E-state index is 6.37. The highest BCUT2D eigenvalue weighted by Crippen LogP contribution is 2.38. The Hall–Kier alpha value is -2.04. The monoisotopic (exact) mass is 368 g/mol. The minimum absolute atomic E-state index is 0.192. The van der Waals surface area contributed by atoms with Gasteiger partial charge in [0.2, 0.25) is 0 Å². The van der Waals surface area contributed by atoms with Crippen molar-refractivity contribution in [2.45, 2.75) is 45.5 Å². The summed E-state index contributed by atoms with van der Waals surface area (Å²) in [6.45, 7) is 11.9. The molecule has 138 valence electrons. The summed E-state index contributed by atoms with van der Waals surface area (Å²) in [6, 6.07) is 16.4. The van der Waals surface area contributed by atoms with Crippen LogP contribution in [0.3, 0.4) is 0 Å². The molecule has 2 aromatic carbocycles. The third kappa shape index (κ3) is 3.71. The molecular weight excluding hydrogens is 340 g/mol. The van der Waals surface area contributed by atoms with Gasteiger partial charge in [-0.1, -0.05) is 51.1 Å². The topological polar surface area (TPSA) is 31.6 Å². The third-order valence-corrected chi connectivity index (χ3v) is 9.80. The fourth-order valence-corrected chi connectivity index (χ4v) is 3.60. The smallest absolute Gasteiger partial charge is 0.192 e. The second kappa shape index (κ2) is 6.93. The van der Waals surface area contributed by atoms with Gasteiger partial charge in [0.1, 0.15) is 5.76 Å². The van der Waals surface area contributed by atoms with E-state index in [1.54, 1.807) is 7.11 Å². The molecule has 4 heteroatoms. The molecule has 3 nitrogen and oxygen atoms in total. The second-order valence-electron chi connectivity index (χ2n) is 8.24. The van der Waals surface area contributed by atoms with Crippen molar-refractivity contribution in [3.05, 3.63) is 54.1 Å². The highest BCUT2D eigenvalue weighted by Gasteiger charge is 2.37. The fraction of sp³-hybridized carbons (Fsp3) is 0.364. The molecule has 26 heavy (non-hydrogen) atoms. The number of rotatable bonds is 5. The van der Waals surface area contributed by atoms with E-state index in [4.69, 9.17) is 13.6 Å². The van der Waals surface area contributed by atoms with Crippen LogP contribution in [0.2, 0.25) is 18.1 Å². The Balaban J connectivity index is 1.93. The Kier molecular flexibility index (Phi) is 5.00. The molecule has 1 heterocycles. The van der Waals surface area contributed by atoms with E-state index in [2.05, 4.69) is 46.0 Å². The van der Waals surface area contributed by atoms with Gasteiger partial charge in [-0.05, 0) is 41.9 Å². The van der Waals surface area contributed by atoms with Crippen molar-refractivity contribution in [2.24, 2.45) is 0 Å². The molecule has 1 aromatic heterocycles. The summed E-state index contributed by atoms with van der Waals surface area (Å²) >= 11 is 0. The summed E-state index contributed by atoms with van der Waals surface area (Å²) < 4.78 is 18.0. The van der Waals surface area contributed by atoms with Gasteiger partial charge in [0.15, 0.2) is 19.6 Å². The molecule has 0 aliphatic carbocycles. The minimum atomic E-state index is -1.79. The molecule has 0 radical (unpaired) electrons. The maximum Gasteiger partial charge on any atom is 0.192 e. The number of hydrogen-bond donors (Lipinski definition) is 0. The van der Waals surface area contributed by atoms with Gasteiger partial charge in [0.05, 0.1) is 13.7 Å². The Labute approximate surface area is 157 Å². The Morgan fingerprint density at radius 3 is 2.31 bits per heavy atom. The lowest BCUT2D eigenvalue weighted by Crippen LogP contribution is -2.40. The van der Waals surface area contributed by atoms with Crippen LogP contribution in [0.25, 0.3) is 22.3 Å². The summed E-state index contributed by atoms with van der Waals surface area (Å²) in [6.07, 6.45) is 0. The minimum Gasteiger partial charge on any atom is -0.493 e. The van der Waals surface area contributed by atoms with Gasteiger partial charge in [0.25, 0.3) is 0 Å². The molecule has 0 fully saturated rings. The van der Waals surface area contributed by atoms with Crippen LogP contribution in [0.15, 0.2) is 52.9 Å². The molecule has 0 bridgehead atoms. The molecule has 3 aromatic rings. The number of methoxy groups -OCH3 is 1. The van der Waals surface area contributed by atoms with Gasteiger partial charge in [0, 0.05) is 10.9 Å². The molecule has 0 aliphatic rings. The quantitative estimate of drug-likeness (QED) is 0.474. The van der Waals surface area contributed by atoms with E-state index in [9.17, 15) is 0 Å². The van der Waals surface area contributed by atoms with Crippen molar-refractivity contribution in [2.75, 3.05) is 7.11 Å². The molecule has 0 aliphatic heterocycles. The van der Waals surface area contributed by atoms with Crippen molar-refractivity contribution < 1.29 is 13.6 Å². The van der Waals surface area contributed by atoms with Crippen molar-refractivity contribution in [1.82, 2.24) is 0 Å². The maximum absolute atomic E-state index is 6.37. The first-order chi connectivity index (χ1) is 12.2. The fourth-order valence-electron chi connectivity index (χ4n) is 2.64. The standard InChI is InChI=1S/C22H28O3Si/c1-22(2,3)26(5,6)24-15-16-12-18-14-19(17-10-8-7-9-11-17)25-21(18)20(13-16)23-4/h7-14H,15H2,1-6H3. The molecule has 0 saturated carbocycles. The normalized spacial score (nSPS) is 12.5. The van der Waals surface area contributed by atoms with Crippen molar-refractivity contribution in [3.63, 3.8) is 0 Å². The van der Waals surface area contributed by atoms with Gasteiger partial charge in [-0.2, -0.15) is 0 Å². The summed E-state index contributed by atoms with van der Waals surface area (Å²) in [5.74, 6) is 1.60. The Morgan fingerprint density at radius 2 is 1.69 bits per heavy atom. The predicted molar refractivity (Wildman–Crippen MR) is 110 cm³/mol. The van der Waals surface area contributed by atoms with E-state index in [0.29, 0.717) is 6.61 Å². The van der Waals surface area contributed by atoms with E-state index < -0.39 is 8.32 Å². The van der Waals surface area contributed by atoms with Gasteiger partial charge in [-0.3, -0.25) is 0 Å². The zero-order valence-corrected chi connectivity index (χ0v) is 17.6. The van der Waals surface area contributed by atoms with Crippen LogP contribution < -0.4 is 4.74 Å². The molecular formula is C22H28O3Si. The number of fused-ring (bicyclic) bond motifs is 1. The summed E-state index contributed by atoms with van der Waals surface area (Å²) in [4.78, 5) is 0. The van der Waals surface area contributed by atoms with Gasteiger partial charge in [-0.25, -0.2) is 0 Å². The highest BCUT2D eigenvalue weighted by molar-refractivity contribution is 6.74. The zero-order chi connectivity index (χ0) is 18.9. The van der Waals surface area contributed by atoms with Crippen LogP contribution in [0.1, 0.15) is 26.3 Å². The average molecular weight is 369 g/mol. The van der Waals surface area contributed by atoms with Gasteiger partial charge in [-0.15, -0.1) is 0 Å². The molecule has 0 saturated heterocycles. The molecule has 0 spiro atoms. The lowest BCUT2D eigenvalue weighted by Gasteiger charge is -2.36. The molecule has 3 rings (SSSR count). The van der Waals surface area contributed by atoms with Crippen LogP contribution >= 0.6 is 0 Å². The van der Waals surface area contributed by atoms with Crippen LogP contribution in [0.5, 0.6) is 5.75 Å². The molecule has 0 amide bonds. The lowest BCUT2D eigenvalue weighted by atomic mass is 10.1. The van der Waals surface area contributed by atoms with Crippen LogP contribution in [-0.2, 0) is 11.0 Å². The van der Waals surface area contributed by atoms with E-state index in [1.807, 2.05) is 36.4 Å². The van der Waals surface area contributed by atoms with Gasteiger partial charge >= 0.3 is 0 Å². The van der Waals surface area contributed by atoms with E-state index in [1.165, 1.54) is 0 Å². The largest absolute Gasteiger partial charge is 0.493 e. The average Bonchev–Trinajstić information content (AvgIpc) is 3.03. The van der Waals surface area contributed by atoms with Crippen LogP contribution in [0, 0.1) is 0 Å². The van der Waals surface area contributed by atoms with E-state index >= 15 is 0 Å². The van der Waals surface area contributed by atoms with Crippen molar-refractivity contribution in [3.8, 4) is 17.1 Å². The van der Waals surface area contributed by atoms with E-state index in [-0.39, 0.29) is 5.04 Å². The Bertz CT molecular complexity index is 889. The summed E-state index contributed by atoms with van der Waals surface area (Å²) in [7, 11) is -0.116. The van der Waals surface area contributed by atoms with Crippen molar-refractivity contribution >= 4 is 19.3 Å². The Morgan fingerprint density at radius 1 is 1.00 bits per heavy atom. The highest BCUT2D eigenvalue weighted by atomic mass is 28.4.